The van der Waals surface area contributed by atoms with Crippen molar-refractivity contribution < 1.29 is 13.9 Å². The van der Waals surface area contributed by atoms with Gasteiger partial charge in [-0.25, -0.2) is 4.98 Å². The summed E-state index contributed by atoms with van der Waals surface area (Å²) in [6.07, 6.45) is -0.0618. The quantitative estimate of drug-likeness (QED) is 0.659. The third kappa shape index (κ3) is 1.77. The van der Waals surface area contributed by atoms with Crippen molar-refractivity contribution in [3.63, 3.8) is 0 Å². The zero-order valence-electron chi connectivity index (χ0n) is 11.0. The maximum absolute atomic E-state index is 12.2. The summed E-state index contributed by atoms with van der Waals surface area (Å²) >= 11 is 0. The van der Waals surface area contributed by atoms with Crippen LogP contribution in [0, 0.1) is 0 Å². The number of benzene rings is 1. The van der Waals surface area contributed by atoms with Crippen LogP contribution >= 0.6 is 0 Å². The van der Waals surface area contributed by atoms with E-state index in [-0.39, 0.29) is 17.9 Å². The molecule has 0 unspecified atom stereocenters. The number of aromatic nitrogens is 2. The van der Waals surface area contributed by atoms with E-state index in [0.717, 1.165) is 0 Å². The maximum Gasteiger partial charge on any atom is 0.314 e. The summed E-state index contributed by atoms with van der Waals surface area (Å²) in [6, 6.07) is 7.18. The second-order valence-corrected chi connectivity index (χ2v) is 4.42. The molecule has 0 fully saturated rings. The molecule has 2 aromatic heterocycles. The van der Waals surface area contributed by atoms with Gasteiger partial charge >= 0.3 is 5.97 Å². The Morgan fingerprint density at radius 2 is 2.05 bits per heavy atom. The van der Waals surface area contributed by atoms with Crippen molar-refractivity contribution in [1.82, 2.24) is 9.55 Å². The average Bonchev–Trinajstić information content (AvgIpc) is 2.88. The first-order chi connectivity index (χ1) is 9.61. The van der Waals surface area contributed by atoms with Gasteiger partial charge in [0.15, 0.2) is 0 Å². The number of methoxy groups -OCH3 is 1. The number of hydrogen-bond acceptors (Lipinski definition) is 5. The van der Waals surface area contributed by atoms with Gasteiger partial charge in [0.05, 0.1) is 7.11 Å². The number of esters is 1. The molecule has 102 valence electrons. The van der Waals surface area contributed by atoms with Crippen LogP contribution in [-0.2, 0) is 23.0 Å². The van der Waals surface area contributed by atoms with Gasteiger partial charge in [0.2, 0.25) is 11.6 Å². The SMILES string of the molecule is COC(=O)Cc1nc2c3ccccc3c(=O)n(C)c2o1. The molecule has 0 N–H and O–H groups in total. The molecule has 2 heterocycles. The summed E-state index contributed by atoms with van der Waals surface area (Å²) in [4.78, 5) is 27.8. The van der Waals surface area contributed by atoms with Crippen LogP contribution in [0.2, 0.25) is 0 Å². The lowest BCUT2D eigenvalue weighted by atomic mass is 10.1. The van der Waals surface area contributed by atoms with E-state index in [0.29, 0.717) is 22.0 Å². The number of carbonyl (C=O) groups excluding carboxylic acids is 1. The van der Waals surface area contributed by atoms with Crippen molar-refractivity contribution in [3.8, 4) is 0 Å². The first kappa shape index (κ1) is 12.4. The Morgan fingerprint density at radius 3 is 2.75 bits per heavy atom. The third-order valence-corrected chi connectivity index (χ3v) is 3.20. The van der Waals surface area contributed by atoms with E-state index in [9.17, 15) is 9.59 Å². The van der Waals surface area contributed by atoms with Gasteiger partial charge in [-0.05, 0) is 6.07 Å². The number of nitrogens with zero attached hydrogens (tertiary/aromatic N) is 2. The molecular weight excluding hydrogens is 260 g/mol. The van der Waals surface area contributed by atoms with Gasteiger partial charge in [-0.2, -0.15) is 0 Å². The predicted molar refractivity (Wildman–Crippen MR) is 72.5 cm³/mol. The molecule has 0 radical (unpaired) electrons. The van der Waals surface area contributed by atoms with Gasteiger partial charge in [-0.1, -0.05) is 18.2 Å². The number of oxazole rings is 1. The molecule has 3 rings (SSSR count). The monoisotopic (exact) mass is 272 g/mol. The minimum Gasteiger partial charge on any atom is -0.469 e. The molecule has 0 aliphatic carbocycles. The van der Waals surface area contributed by atoms with Crippen molar-refractivity contribution in [2.75, 3.05) is 7.11 Å². The van der Waals surface area contributed by atoms with E-state index in [1.807, 2.05) is 12.1 Å². The minimum atomic E-state index is -0.439. The maximum atomic E-state index is 12.2. The van der Waals surface area contributed by atoms with Crippen molar-refractivity contribution in [3.05, 3.63) is 40.5 Å². The lowest BCUT2D eigenvalue weighted by Crippen LogP contribution is -2.16. The molecule has 0 saturated heterocycles. The van der Waals surface area contributed by atoms with E-state index < -0.39 is 5.97 Å². The molecule has 3 aromatic rings. The molecule has 0 saturated carbocycles. The van der Waals surface area contributed by atoms with Crippen molar-refractivity contribution in [1.29, 1.82) is 0 Å². The second kappa shape index (κ2) is 4.48. The Labute approximate surface area is 113 Å². The number of fused-ring (bicyclic) bond motifs is 3. The Kier molecular flexibility index (Phi) is 2.78. The Bertz CT molecular complexity index is 876. The summed E-state index contributed by atoms with van der Waals surface area (Å²) in [7, 11) is 2.92. The molecule has 6 nitrogen and oxygen atoms in total. The van der Waals surface area contributed by atoms with Crippen LogP contribution < -0.4 is 5.56 Å². The first-order valence-electron chi connectivity index (χ1n) is 6.05. The molecule has 0 spiro atoms. The fraction of sp³-hybridized carbons (Fsp3) is 0.214. The summed E-state index contributed by atoms with van der Waals surface area (Å²) in [5, 5.41) is 1.28. The Balaban J connectivity index is 2.33. The molecule has 0 aliphatic rings. The van der Waals surface area contributed by atoms with Crippen molar-refractivity contribution in [2.45, 2.75) is 6.42 Å². The number of pyridine rings is 1. The highest BCUT2D eigenvalue weighted by Crippen LogP contribution is 2.22. The van der Waals surface area contributed by atoms with Crippen LogP contribution in [0.15, 0.2) is 33.5 Å². The summed E-state index contributed by atoms with van der Waals surface area (Å²) in [6.45, 7) is 0. The fourth-order valence-corrected chi connectivity index (χ4v) is 2.18. The third-order valence-electron chi connectivity index (χ3n) is 3.20. The van der Waals surface area contributed by atoms with Crippen LogP contribution in [0.4, 0.5) is 0 Å². The lowest BCUT2D eigenvalue weighted by molar-refractivity contribution is -0.140. The standard InChI is InChI=1S/C14H12N2O4/c1-16-13(18)9-6-4-3-5-8(9)12-14(16)20-10(15-12)7-11(17)19-2/h3-6H,7H2,1-2H3. The van der Waals surface area contributed by atoms with E-state index >= 15 is 0 Å². The van der Waals surface area contributed by atoms with Crippen LogP contribution in [0.25, 0.3) is 22.0 Å². The van der Waals surface area contributed by atoms with Gasteiger partial charge in [0, 0.05) is 17.8 Å². The highest BCUT2D eigenvalue weighted by molar-refractivity contribution is 6.01. The molecule has 6 heteroatoms. The van der Waals surface area contributed by atoms with Gasteiger partial charge in [0.1, 0.15) is 11.9 Å². The summed E-state index contributed by atoms with van der Waals surface area (Å²) in [5.74, 6) is -0.205. The van der Waals surface area contributed by atoms with Gasteiger partial charge in [0.25, 0.3) is 5.56 Å². The number of aryl methyl sites for hydroxylation is 1. The molecule has 0 aliphatic heterocycles. The highest BCUT2D eigenvalue weighted by atomic mass is 16.5. The molecular formula is C14H12N2O4. The van der Waals surface area contributed by atoms with E-state index in [1.54, 1.807) is 19.2 Å². The summed E-state index contributed by atoms with van der Waals surface area (Å²) < 4.78 is 11.5. The van der Waals surface area contributed by atoms with Gasteiger partial charge in [-0.3, -0.25) is 14.2 Å². The highest BCUT2D eigenvalue weighted by Gasteiger charge is 2.16. The Hall–Kier alpha value is -2.63. The zero-order valence-corrected chi connectivity index (χ0v) is 11.0. The van der Waals surface area contributed by atoms with Gasteiger partial charge in [-0.15, -0.1) is 0 Å². The van der Waals surface area contributed by atoms with Crippen LogP contribution in [0.1, 0.15) is 5.89 Å². The number of ether oxygens (including phenoxy) is 1. The largest absolute Gasteiger partial charge is 0.469 e. The smallest absolute Gasteiger partial charge is 0.314 e. The van der Waals surface area contributed by atoms with Crippen molar-refractivity contribution in [2.24, 2.45) is 7.05 Å². The molecule has 0 atom stereocenters. The molecule has 1 aromatic carbocycles. The molecule has 20 heavy (non-hydrogen) atoms. The first-order valence-corrected chi connectivity index (χ1v) is 6.05. The fourth-order valence-electron chi connectivity index (χ4n) is 2.18. The van der Waals surface area contributed by atoms with E-state index in [4.69, 9.17) is 4.42 Å². The topological polar surface area (TPSA) is 74.3 Å². The number of carbonyl (C=O) groups is 1. The molecule has 0 bridgehead atoms. The van der Waals surface area contributed by atoms with Gasteiger partial charge < -0.3 is 9.15 Å². The van der Waals surface area contributed by atoms with Crippen molar-refractivity contribution >= 4 is 28.0 Å². The predicted octanol–water partition coefficient (Wildman–Crippen LogP) is 1.40. The van der Waals surface area contributed by atoms with E-state index in [1.165, 1.54) is 11.7 Å². The lowest BCUT2D eigenvalue weighted by Gasteiger charge is -2.01. The normalized spacial score (nSPS) is 11.1. The van der Waals surface area contributed by atoms with Crippen LogP contribution in [0.3, 0.4) is 0 Å². The zero-order chi connectivity index (χ0) is 14.3. The minimum absolute atomic E-state index is 0.0618. The Morgan fingerprint density at radius 1 is 1.35 bits per heavy atom. The van der Waals surface area contributed by atoms with E-state index in [2.05, 4.69) is 9.72 Å². The van der Waals surface area contributed by atoms with Crippen LogP contribution in [-0.4, -0.2) is 22.6 Å². The van der Waals surface area contributed by atoms with Crippen LogP contribution in [0.5, 0.6) is 0 Å². The summed E-state index contributed by atoms with van der Waals surface area (Å²) in [5.41, 5.74) is 0.767. The average molecular weight is 272 g/mol. The number of hydrogen-bond donors (Lipinski definition) is 0. The number of rotatable bonds is 2. The molecule has 0 amide bonds. The second-order valence-electron chi connectivity index (χ2n) is 4.42.